The van der Waals surface area contributed by atoms with E-state index in [2.05, 4.69) is 52.4 Å². The molecule has 0 radical (unpaired) electrons. The van der Waals surface area contributed by atoms with E-state index < -0.39 is 0 Å². The van der Waals surface area contributed by atoms with Gasteiger partial charge in [-0.25, -0.2) is 4.98 Å². The first-order chi connectivity index (χ1) is 9.24. The summed E-state index contributed by atoms with van der Waals surface area (Å²) in [6, 6.07) is 9.75. The number of rotatable bonds is 3. The normalized spacial score (nSPS) is 10.8. The Hall–Kier alpha value is -0.770. The zero-order valence-electron chi connectivity index (χ0n) is 9.20. The molecule has 1 aromatic carbocycles. The zero-order valence-corrected chi connectivity index (χ0v) is 14.0. The smallest absolute Gasteiger partial charge is 0.221 e. The molecule has 0 fully saturated rings. The number of hydrogen-bond acceptors (Lipinski definition) is 6. The molecule has 0 amide bonds. The van der Waals surface area contributed by atoms with Crippen molar-refractivity contribution in [2.45, 2.75) is 9.50 Å². The first-order valence-electron chi connectivity index (χ1n) is 5.07. The molecule has 0 atom stereocenters. The quantitative estimate of drug-likeness (QED) is 0.647. The maximum atomic E-state index is 4.36. The Morgan fingerprint density at radius 2 is 1.95 bits per heavy atom. The molecule has 19 heavy (non-hydrogen) atoms. The fourth-order valence-corrected chi connectivity index (χ4v) is 4.55. The van der Waals surface area contributed by atoms with Crippen LogP contribution in [0.1, 0.15) is 0 Å². The Labute approximate surface area is 133 Å². The van der Waals surface area contributed by atoms with Gasteiger partial charge in [0, 0.05) is 0 Å². The van der Waals surface area contributed by atoms with Crippen LogP contribution in [0.4, 0.5) is 0 Å². The molecule has 0 aliphatic carbocycles. The maximum absolute atomic E-state index is 4.36. The summed E-state index contributed by atoms with van der Waals surface area (Å²) in [6.45, 7) is 0. The molecule has 3 rings (SSSR count). The van der Waals surface area contributed by atoms with Gasteiger partial charge < -0.3 is 0 Å². The molecule has 0 unspecified atom stereocenters. The predicted molar refractivity (Wildman–Crippen MR) is 80.8 cm³/mol. The lowest BCUT2D eigenvalue weighted by molar-refractivity contribution is 0.756. The van der Waals surface area contributed by atoms with Crippen LogP contribution in [0.3, 0.4) is 0 Å². The minimum Gasteiger partial charge on any atom is -0.221 e. The summed E-state index contributed by atoms with van der Waals surface area (Å²) in [5.74, 6) is 0. The molecule has 0 aliphatic rings. The first-order valence-corrected chi connectivity index (χ1v) is 8.29. The molecule has 0 bridgehead atoms. The van der Waals surface area contributed by atoms with Gasteiger partial charge in [0.2, 0.25) is 5.16 Å². The summed E-state index contributed by atoms with van der Waals surface area (Å²) < 4.78 is 4.30. The number of nitrogens with zero attached hydrogens (tertiary/aromatic N) is 5. The number of benzene rings is 1. The average molecular weight is 419 g/mol. The van der Waals surface area contributed by atoms with Gasteiger partial charge in [-0.1, -0.05) is 29.5 Å². The Bertz CT molecular complexity index is 678. The van der Waals surface area contributed by atoms with Gasteiger partial charge >= 0.3 is 0 Å². The van der Waals surface area contributed by atoms with Gasteiger partial charge in [0.1, 0.15) is 8.39 Å². The molecule has 2 heterocycles. The van der Waals surface area contributed by atoms with Crippen molar-refractivity contribution in [2.75, 3.05) is 0 Å². The number of tetrazole rings is 1. The molecule has 2 aromatic heterocycles. The second-order valence-corrected chi connectivity index (χ2v) is 7.64. The monoisotopic (exact) mass is 417 g/mol. The number of hydrogen-bond donors (Lipinski definition) is 0. The predicted octanol–water partition coefficient (Wildman–Crippen LogP) is 3.80. The van der Waals surface area contributed by atoms with Crippen LogP contribution in [0.5, 0.6) is 0 Å². The summed E-state index contributed by atoms with van der Waals surface area (Å²) in [5, 5.41) is 12.4. The summed E-state index contributed by atoms with van der Waals surface area (Å²) in [7, 11) is 0. The van der Waals surface area contributed by atoms with E-state index in [0.717, 1.165) is 18.4 Å². The van der Waals surface area contributed by atoms with E-state index in [4.69, 9.17) is 0 Å². The Balaban J connectivity index is 1.93. The van der Waals surface area contributed by atoms with Crippen molar-refractivity contribution in [1.29, 1.82) is 0 Å². The molecular formula is C10H5Br2N5S2. The van der Waals surface area contributed by atoms with Crippen LogP contribution in [0.15, 0.2) is 48.2 Å². The van der Waals surface area contributed by atoms with Crippen LogP contribution >= 0.6 is 55.0 Å². The van der Waals surface area contributed by atoms with Crippen LogP contribution in [-0.4, -0.2) is 25.2 Å². The lowest BCUT2D eigenvalue weighted by Gasteiger charge is -2.01. The third kappa shape index (κ3) is 2.88. The second-order valence-electron chi connectivity index (χ2n) is 3.36. The molecule has 0 saturated carbocycles. The number of halogens is 2. The third-order valence-corrected chi connectivity index (χ3v) is 6.22. The zero-order chi connectivity index (χ0) is 13.2. The number of para-hydroxylation sites is 1. The minimum absolute atomic E-state index is 0.681. The molecule has 96 valence electrons. The molecular weight excluding hydrogens is 414 g/mol. The van der Waals surface area contributed by atoms with Crippen LogP contribution in [-0.2, 0) is 0 Å². The number of thiazole rings is 1. The third-order valence-electron chi connectivity index (χ3n) is 2.15. The van der Waals surface area contributed by atoms with E-state index >= 15 is 0 Å². The lowest BCUT2D eigenvalue weighted by atomic mass is 10.3. The largest absolute Gasteiger partial charge is 0.221 e. The van der Waals surface area contributed by atoms with Gasteiger partial charge in [-0.3, -0.25) is 0 Å². The van der Waals surface area contributed by atoms with Gasteiger partial charge in [0.05, 0.1) is 5.69 Å². The summed E-state index contributed by atoms with van der Waals surface area (Å²) in [4.78, 5) is 4.36. The molecule has 0 saturated heterocycles. The highest BCUT2D eigenvalue weighted by atomic mass is 79.9. The Morgan fingerprint density at radius 1 is 1.16 bits per heavy atom. The minimum atomic E-state index is 0.681. The average Bonchev–Trinajstić information content (AvgIpc) is 2.99. The fourth-order valence-electron chi connectivity index (χ4n) is 1.36. The van der Waals surface area contributed by atoms with Gasteiger partial charge in [-0.05, 0) is 66.2 Å². The molecule has 3 aromatic rings. The van der Waals surface area contributed by atoms with Crippen molar-refractivity contribution in [3.8, 4) is 5.69 Å². The maximum Gasteiger partial charge on any atom is 0.221 e. The fraction of sp³-hybridized carbons (Fsp3) is 0. The first kappa shape index (κ1) is 13.2. The SMILES string of the molecule is Brc1nc(Sc2nnnn2-c2ccccc2)sc1Br. The van der Waals surface area contributed by atoms with E-state index in [1.54, 1.807) is 4.68 Å². The van der Waals surface area contributed by atoms with Crippen LogP contribution < -0.4 is 0 Å². The van der Waals surface area contributed by atoms with Gasteiger partial charge in [-0.15, -0.1) is 5.10 Å². The van der Waals surface area contributed by atoms with E-state index in [0.29, 0.717) is 5.16 Å². The lowest BCUT2D eigenvalue weighted by Crippen LogP contribution is -1.98. The summed E-state index contributed by atoms with van der Waals surface area (Å²) >= 11 is 9.74. The highest BCUT2D eigenvalue weighted by Gasteiger charge is 2.14. The van der Waals surface area contributed by atoms with Crippen LogP contribution in [0, 0.1) is 0 Å². The Kier molecular flexibility index (Phi) is 3.96. The molecule has 0 N–H and O–H groups in total. The van der Waals surface area contributed by atoms with E-state index in [-0.39, 0.29) is 0 Å². The second kappa shape index (κ2) is 5.70. The van der Waals surface area contributed by atoms with Crippen LogP contribution in [0.25, 0.3) is 5.69 Å². The number of aromatic nitrogens is 5. The highest BCUT2D eigenvalue weighted by molar-refractivity contribution is 9.13. The van der Waals surface area contributed by atoms with E-state index in [9.17, 15) is 0 Å². The van der Waals surface area contributed by atoms with E-state index in [1.807, 2.05) is 30.3 Å². The molecule has 5 nitrogen and oxygen atoms in total. The van der Waals surface area contributed by atoms with Gasteiger partial charge in [0.25, 0.3) is 0 Å². The van der Waals surface area contributed by atoms with Gasteiger partial charge in [-0.2, -0.15) is 4.68 Å². The topological polar surface area (TPSA) is 56.5 Å². The summed E-state index contributed by atoms with van der Waals surface area (Å²) in [5.41, 5.74) is 0.921. The van der Waals surface area contributed by atoms with Crippen molar-refractivity contribution in [1.82, 2.24) is 25.2 Å². The van der Waals surface area contributed by atoms with Crippen molar-refractivity contribution in [3.63, 3.8) is 0 Å². The Morgan fingerprint density at radius 3 is 2.63 bits per heavy atom. The summed E-state index contributed by atoms with van der Waals surface area (Å²) in [6.07, 6.45) is 0. The van der Waals surface area contributed by atoms with Crippen LogP contribution in [0.2, 0.25) is 0 Å². The standard InChI is InChI=1S/C10H5Br2N5S2/c11-7-8(12)18-10(13-7)19-9-14-15-16-17(9)6-4-2-1-3-5-6/h1-5H. The van der Waals surface area contributed by atoms with Gasteiger partial charge in [0.15, 0.2) is 4.34 Å². The van der Waals surface area contributed by atoms with Crippen molar-refractivity contribution in [3.05, 3.63) is 38.7 Å². The van der Waals surface area contributed by atoms with Crippen molar-refractivity contribution < 1.29 is 0 Å². The van der Waals surface area contributed by atoms with Crippen molar-refractivity contribution in [2.24, 2.45) is 0 Å². The molecule has 0 aliphatic heterocycles. The van der Waals surface area contributed by atoms with Crippen molar-refractivity contribution >= 4 is 55.0 Å². The molecule has 9 heteroatoms. The molecule has 0 spiro atoms. The van der Waals surface area contributed by atoms with E-state index in [1.165, 1.54) is 23.1 Å². The highest BCUT2D eigenvalue weighted by Crippen LogP contribution is 2.37.